The molecule has 90 valence electrons. The van der Waals surface area contributed by atoms with E-state index in [1.807, 2.05) is 0 Å². The molecule has 1 saturated heterocycles. The maximum absolute atomic E-state index is 3.43. The third kappa shape index (κ3) is 5.53. The molecule has 2 heteroatoms. The van der Waals surface area contributed by atoms with Crippen LogP contribution >= 0.6 is 0 Å². The van der Waals surface area contributed by atoms with Crippen molar-refractivity contribution in [3.8, 4) is 0 Å². The van der Waals surface area contributed by atoms with Gasteiger partial charge in [0.2, 0.25) is 0 Å². The Morgan fingerprint density at radius 3 is 2.47 bits per heavy atom. The summed E-state index contributed by atoms with van der Waals surface area (Å²) in [5.74, 6) is 1.78. The molecule has 1 aliphatic rings. The minimum atomic E-state index is 0.804. The molecule has 0 unspecified atom stereocenters. The molecular weight excluding hydrogens is 184 g/mol. The van der Waals surface area contributed by atoms with Crippen molar-refractivity contribution in [1.29, 1.82) is 0 Å². The number of piperidine rings is 1. The highest BCUT2D eigenvalue weighted by molar-refractivity contribution is 4.70. The fraction of sp³-hybridized carbons (Fsp3) is 1.00. The fourth-order valence-electron chi connectivity index (χ4n) is 2.43. The lowest BCUT2D eigenvalue weighted by atomic mass is 9.94. The van der Waals surface area contributed by atoms with Gasteiger partial charge >= 0.3 is 0 Å². The van der Waals surface area contributed by atoms with Crippen LogP contribution in [0.3, 0.4) is 0 Å². The Kier molecular flexibility index (Phi) is 6.26. The Morgan fingerprint density at radius 1 is 1.27 bits per heavy atom. The van der Waals surface area contributed by atoms with Gasteiger partial charge in [-0.2, -0.15) is 0 Å². The maximum Gasteiger partial charge on any atom is 0.000427 e. The lowest BCUT2D eigenvalue weighted by molar-refractivity contribution is 0.223. The standard InChI is InChI=1S/C13H28N2/c1-4-15(11-12(2)3)10-7-13-5-8-14-9-6-13/h12-14H,4-11H2,1-3H3. The smallest absolute Gasteiger partial charge is 0.000427 e. The summed E-state index contributed by atoms with van der Waals surface area (Å²) < 4.78 is 0. The summed E-state index contributed by atoms with van der Waals surface area (Å²) in [6.45, 7) is 13.2. The average molecular weight is 212 g/mol. The van der Waals surface area contributed by atoms with Crippen molar-refractivity contribution in [2.45, 2.75) is 40.0 Å². The molecule has 1 N–H and O–H groups in total. The van der Waals surface area contributed by atoms with Crippen LogP contribution < -0.4 is 5.32 Å². The number of hydrogen-bond acceptors (Lipinski definition) is 2. The second kappa shape index (κ2) is 7.24. The van der Waals surface area contributed by atoms with Crippen molar-refractivity contribution in [2.75, 3.05) is 32.7 Å². The van der Waals surface area contributed by atoms with Crippen LogP contribution in [0.2, 0.25) is 0 Å². The molecule has 0 amide bonds. The molecule has 1 aliphatic heterocycles. The molecule has 0 aromatic heterocycles. The quantitative estimate of drug-likeness (QED) is 0.727. The van der Waals surface area contributed by atoms with Crippen molar-refractivity contribution in [2.24, 2.45) is 11.8 Å². The van der Waals surface area contributed by atoms with Crippen LogP contribution in [-0.4, -0.2) is 37.6 Å². The Bertz CT molecular complexity index is 151. The first-order chi connectivity index (χ1) is 7.22. The average Bonchev–Trinajstić information content (AvgIpc) is 2.25. The molecular formula is C13H28N2. The van der Waals surface area contributed by atoms with E-state index < -0.39 is 0 Å². The molecule has 0 atom stereocenters. The van der Waals surface area contributed by atoms with E-state index in [-0.39, 0.29) is 0 Å². The zero-order valence-electron chi connectivity index (χ0n) is 10.8. The normalized spacial score (nSPS) is 19.0. The highest BCUT2D eigenvalue weighted by Crippen LogP contribution is 2.16. The number of nitrogens with zero attached hydrogens (tertiary/aromatic N) is 1. The van der Waals surface area contributed by atoms with E-state index in [0.29, 0.717) is 0 Å². The lowest BCUT2D eigenvalue weighted by Crippen LogP contribution is -2.33. The Morgan fingerprint density at radius 2 is 1.93 bits per heavy atom. The summed E-state index contributed by atoms with van der Waals surface area (Å²) >= 11 is 0. The van der Waals surface area contributed by atoms with Crippen LogP contribution in [0, 0.1) is 11.8 Å². The Balaban J connectivity index is 2.14. The van der Waals surface area contributed by atoms with Crippen molar-refractivity contribution in [3.05, 3.63) is 0 Å². The molecule has 0 aliphatic carbocycles. The summed E-state index contributed by atoms with van der Waals surface area (Å²) in [5, 5.41) is 3.43. The van der Waals surface area contributed by atoms with Gasteiger partial charge in [0.1, 0.15) is 0 Å². The minimum Gasteiger partial charge on any atom is -0.317 e. The van der Waals surface area contributed by atoms with Crippen molar-refractivity contribution in [1.82, 2.24) is 10.2 Å². The van der Waals surface area contributed by atoms with Gasteiger partial charge in [-0.05, 0) is 57.3 Å². The van der Waals surface area contributed by atoms with E-state index in [2.05, 4.69) is 31.0 Å². The van der Waals surface area contributed by atoms with E-state index in [0.717, 1.165) is 11.8 Å². The summed E-state index contributed by atoms with van der Waals surface area (Å²) in [6.07, 6.45) is 4.18. The zero-order valence-corrected chi connectivity index (χ0v) is 10.8. The molecule has 0 bridgehead atoms. The van der Waals surface area contributed by atoms with E-state index >= 15 is 0 Å². The maximum atomic E-state index is 3.43. The van der Waals surface area contributed by atoms with Crippen LogP contribution in [0.25, 0.3) is 0 Å². The fourth-order valence-corrected chi connectivity index (χ4v) is 2.43. The first kappa shape index (κ1) is 13.0. The van der Waals surface area contributed by atoms with Gasteiger partial charge in [-0.25, -0.2) is 0 Å². The van der Waals surface area contributed by atoms with Crippen molar-refractivity contribution in [3.63, 3.8) is 0 Å². The zero-order chi connectivity index (χ0) is 11.1. The van der Waals surface area contributed by atoms with Gasteiger partial charge in [-0.3, -0.25) is 0 Å². The van der Waals surface area contributed by atoms with Crippen molar-refractivity contribution < 1.29 is 0 Å². The van der Waals surface area contributed by atoms with E-state index in [1.54, 1.807) is 0 Å². The van der Waals surface area contributed by atoms with Gasteiger partial charge in [-0.15, -0.1) is 0 Å². The highest BCUT2D eigenvalue weighted by Gasteiger charge is 2.14. The van der Waals surface area contributed by atoms with Gasteiger partial charge in [0.15, 0.2) is 0 Å². The van der Waals surface area contributed by atoms with Crippen molar-refractivity contribution >= 4 is 0 Å². The summed E-state index contributed by atoms with van der Waals surface area (Å²) in [7, 11) is 0. The summed E-state index contributed by atoms with van der Waals surface area (Å²) in [4.78, 5) is 2.60. The first-order valence-electron chi connectivity index (χ1n) is 6.65. The number of nitrogens with one attached hydrogen (secondary N) is 1. The van der Waals surface area contributed by atoms with Crippen LogP contribution in [-0.2, 0) is 0 Å². The van der Waals surface area contributed by atoms with Crippen LogP contribution in [0.15, 0.2) is 0 Å². The predicted octanol–water partition coefficient (Wildman–Crippen LogP) is 2.35. The van der Waals surface area contributed by atoms with Crippen LogP contribution in [0.1, 0.15) is 40.0 Å². The van der Waals surface area contributed by atoms with E-state index in [9.17, 15) is 0 Å². The van der Waals surface area contributed by atoms with E-state index in [1.165, 1.54) is 52.0 Å². The van der Waals surface area contributed by atoms with Gasteiger partial charge in [0.05, 0.1) is 0 Å². The summed E-state index contributed by atoms with van der Waals surface area (Å²) in [6, 6.07) is 0. The van der Waals surface area contributed by atoms with Gasteiger partial charge < -0.3 is 10.2 Å². The Hall–Kier alpha value is -0.0800. The minimum absolute atomic E-state index is 0.804. The molecule has 0 saturated carbocycles. The Labute approximate surface area is 95.4 Å². The lowest BCUT2D eigenvalue weighted by Gasteiger charge is -2.27. The highest BCUT2D eigenvalue weighted by atomic mass is 15.1. The third-order valence-corrected chi connectivity index (χ3v) is 3.38. The third-order valence-electron chi connectivity index (χ3n) is 3.38. The molecule has 1 heterocycles. The van der Waals surface area contributed by atoms with Gasteiger partial charge in [0.25, 0.3) is 0 Å². The predicted molar refractivity (Wildman–Crippen MR) is 67.2 cm³/mol. The molecule has 1 fully saturated rings. The van der Waals surface area contributed by atoms with Crippen LogP contribution in [0.4, 0.5) is 0 Å². The van der Waals surface area contributed by atoms with Gasteiger partial charge in [0, 0.05) is 6.54 Å². The molecule has 15 heavy (non-hydrogen) atoms. The van der Waals surface area contributed by atoms with E-state index in [4.69, 9.17) is 0 Å². The topological polar surface area (TPSA) is 15.3 Å². The molecule has 0 aromatic rings. The second-order valence-electron chi connectivity index (χ2n) is 5.27. The number of hydrogen-bond donors (Lipinski definition) is 1. The monoisotopic (exact) mass is 212 g/mol. The second-order valence-corrected chi connectivity index (χ2v) is 5.27. The molecule has 1 rings (SSSR count). The molecule has 0 spiro atoms. The molecule has 2 nitrogen and oxygen atoms in total. The largest absolute Gasteiger partial charge is 0.317 e. The van der Waals surface area contributed by atoms with Crippen LogP contribution in [0.5, 0.6) is 0 Å². The first-order valence-corrected chi connectivity index (χ1v) is 6.65. The van der Waals surface area contributed by atoms with Gasteiger partial charge in [-0.1, -0.05) is 20.8 Å². The molecule has 0 radical (unpaired) electrons. The number of rotatable bonds is 6. The summed E-state index contributed by atoms with van der Waals surface area (Å²) in [5.41, 5.74) is 0. The SMILES string of the molecule is CCN(CCC1CCNCC1)CC(C)C. The molecule has 0 aromatic carbocycles.